The van der Waals surface area contributed by atoms with Crippen LogP contribution in [0, 0.1) is 13.8 Å². The van der Waals surface area contributed by atoms with Gasteiger partial charge in [0.15, 0.2) is 0 Å². The van der Waals surface area contributed by atoms with Crippen molar-refractivity contribution < 1.29 is 4.79 Å². The molecule has 2 aromatic rings. The minimum absolute atomic E-state index is 0.0961. The van der Waals surface area contributed by atoms with Crippen molar-refractivity contribution in [3.63, 3.8) is 0 Å². The predicted octanol–water partition coefficient (Wildman–Crippen LogP) is 0.574. The molecule has 0 atom stereocenters. The van der Waals surface area contributed by atoms with E-state index in [1.807, 2.05) is 18.5 Å². The molecule has 0 saturated heterocycles. The minimum atomic E-state index is -0.383. The van der Waals surface area contributed by atoms with E-state index in [1.54, 1.807) is 13.8 Å². The number of aromatic nitrogens is 3. The SMILES string of the molecule is Cc1nc(=O)[nH]c(C)c1CC(=O)NCc1cc[nH]c1. The maximum absolute atomic E-state index is 11.9. The molecule has 0 aliphatic heterocycles. The highest BCUT2D eigenvalue weighted by Crippen LogP contribution is 2.07. The molecule has 2 rings (SSSR count). The summed E-state index contributed by atoms with van der Waals surface area (Å²) >= 11 is 0. The summed E-state index contributed by atoms with van der Waals surface area (Å²) in [5.41, 5.74) is 2.69. The van der Waals surface area contributed by atoms with Gasteiger partial charge in [0.25, 0.3) is 0 Å². The Hall–Kier alpha value is -2.37. The van der Waals surface area contributed by atoms with Crippen LogP contribution in [0.15, 0.2) is 23.3 Å². The zero-order chi connectivity index (χ0) is 13.8. The average molecular weight is 260 g/mol. The van der Waals surface area contributed by atoms with Crippen molar-refractivity contribution in [1.29, 1.82) is 0 Å². The molecule has 3 N–H and O–H groups in total. The number of aromatic amines is 2. The highest BCUT2D eigenvalue weighted by Gasteiger charge is 2.10. The van der Waals surface area contributed by atoms with Gasteiger partial charge in [-0.05, 0) is 25.5 Å². The molecule has 0 aromatic carbocycles. The largest absolute Gasteiger partial charge is 0.367 e. The van der Waals surface area contributed by atoms with Gasteiger partial charge in [0.1, 0.15) is 0 Å². The van der Waals surface area contributed by atoms with E-state index in [4.69, 9.17) is 0 Å². The van der Waals surface area contributed by atoms with Gasteiger partial charge in [0.2, 0.25) is 5.91 Å². The lowest BCUT2D eigenvalue weighted by molar-refractivity contribution is -0.120. The van der Waals surface area contributed by atoms with E-state index in [2.05, 4.69) is 20.3 Å². The van der Waals surface area contributed by atoms with Crippen LogP contribution in [0.3, 0.4) is 0 Å². The number of hydrogen-bond donors (Lipinski definition) is 3. The fourth-order valence-electron chi connectivity index (χ4n) is 1.91. The van der Waals surface area contributed by atoms with E-state index in [-0.39, 0.29) is 18.0 Å². The van der Waals surface area contributed by atoms with E-state index < -0.39 is 0 Å². The number of aryl methyl sites for hydroxylation is 2. The number of nitrogens with one attached hydrogen (secondary N) is 3. The molecule has 19 heavy (non-hydrogen) atoms. The maximum atomic E-state index is 11.9. The molecule has 0 aliphatic carbocycles. The van der Waals surface area contributed by atoms with Gasteiger partial charge in [0, 0.05) is 35.9 Å². The van der Waals surface area contributed by atoms with Crippen LogP contribution in [0.25, 0.3) is 0 Å². The van der Waals surface area contributed by atoms with Gasteiger partial charge in [-0.25, -0.2) is 4.79 Å². The summed E-state index contributed by atoms with van der Waals surface area (Å²) in [5, 5.41) is 2.82. The van der Waals surface area contributed by atoms with Crippen LogP contribution in [0.4, 0.5) is 0 Å². The quantitative estimate of drug-likeness (QED) is 0.750. The summed E-state index contributed by atoms with van der Waals surface area (Å²) < 4.78 is 0. The van der Waals surface area contributed by atoms with Gasteiger partial charge in [-0.2, -0.15) is 4.98 Å². The van der Waals surface area contributed by atoms with Gasteiger partial charge >= 0.3 is 5.69 Å². The predicted molar refractivity (Wildman–Crippen MR) is 70.7 cm³/mol. The van der Waals surface area contributed by atoms with E-state index in [0.29, 0.717) is 17.9 Å². The molecule has 0 aliphatic rings. The van der Waals surface area contributed by atoms with Crippen LogP contribution in [0.1, 0.15) is 22.5 Å². The number of hydrogen-bond acceptors (Lipinski definition) is 3. The van der Waals surface area contributed by atoms with E-state index in [0.717, 1.165) is 11.1 Å². The molecule has 6 nitrogen and oxygen atoms in total. The molecule has 0 bridgehead atoms. The van der Waals surface area contributed by atoms with Crippen LogP contribution >= 0.6 is 0 Å². The average Bonchev–Trinajstić information content (AvgIpc) is 2.84. The number of rotatable bonds is 4. The molecule has 2 aromatic heterocycles. The lowest BCUT2D eigenvalue weighted by Crippen LogP contribution is -2.26. The van der Waals surface area contributed by atoms with Crippen LogP contribution in [0.2, 0.25) is 0 Å². The van der Waals surface area contributed by atoms with E-state index in [1.165, 1.54) is 0 Å². The molecule has 0 fully saturated rings. The first-order valence-corrected chi connectivity index (χ1v) is 6.01. The highest BCUT2D eigenvalue weighted by atomic mass is 16.1. The van der Waals surface area contributed by atoms with Crippen LogP contribution < -0.4 is 11.0 Å². The van der Waals surface area contributed by atoms with Gasteiger partial charge in [-0.15, -0.1) is 0 Å². The fraction of sp³-hybridized carbons (Fsp3) is 0.308. The van der Waals surface area contributed by atoms with Crippen molar-refractivity contribution in [1.82, 2.24) is 20.3 Å². The Kier molecular flexibility index (Phi) is 3.79. The van der Waals surface area contributed by atoms with Gasteiger partial charge in [-0.3, -0.25) is 4.79 Å². The second kappa shape index (κ2) is 5.51. The van der Waals surface area contributed by atoms with E-state index in [9.17, 15) is 9.59 Å². The second-order valence-corrected chi connectivity index (χ2v) is 4.40. The third kappa shape index (κ3) is 3.31. The van der Waals surface area contributed by atoms with Crippen molar-refractivity contribution in [3.05, 3.63) is 51.5 Å². The first kappa shape index (κ1) is 13.1. The maximum Gasteiger partial charge on any atom is 0.345 e. The van der Waals surface area contributed by atoms with Crippen LogP contribution in [0.5, 0.6) is 0 Å². The van der Waals surface area contributed by atoms with Crippen LogP contribution in [-0.2, 0) is 17.8 Å². The summed E-state index contributed by atoms with van der Waals surface area (Å²) in [7, 11) is 0. The first-order valence-electron chi connectivity index (χ1n) is 6.01. The summed E-state index contributed by atoms with van der Waals surface area (Å²) in [6.07, 6.45) is 3.85. The van der Waals surface area contributed by atoms with Gasteiger partial charge in [0.05, 0.1) is 6.42 Å². The molecule has 0 saturated carbocycles. The Morgan fingerprint density at radius 3 is 2.84 bits per heavy atom. The molecule has 1 amide bonds. The second-order valence-electron chi connectivity index (χ2n) is 4.40. The first-order chi connectivity index (χ1) is 9.06. The Balaban J connectivity index is 2.01. The zero-order valence-corrected chi connectivity index (χ0v) is 10.9. The molecule has 100 valence electrons. The lowest BCUT2D eigenvalue weighted by atomic mass is 10.1. The Labute approximate surface area is 110 Å². The third-order valence-corrected chi connectivity index (χ3v) is 2.94. The van der Waals surface area contributed by atoms with Crippen molar-refractivity contribution in [2.45, 2.75) is 26.8 Å². The standard InChI is InChI=1S/C13H16N4O2/c1-8-11(9(2)17-13(19)16-8)5-12(18)15-7-10-3-4-14-6-10/h3-4,6,14H,5,7H2,1-2H3,(H,15,18)(H,16,17,19). The molecule has 0 unspecified atom stereocenters. The molecule has 0 spiro atoms. The smallest absolute Gasteiger partial charge is 0.345 e. The Morgan fingerprint density at radius 2 is 2.21 bits per heavy atom. The minimum Gasteiger partial charge on any atom is -0.367 e. The number of amides is 1. The fourth-order valence-corrected chi connectivity index (χ4v) is 1.91. The summed E-state index contributed by atoms with van der Waals surface area (Å²) in [6.45, 7) is 3.99. The Bertz CT molecular complexity index is 602. The van der Waals surface area contributed by atoms with Crippen molar-refractivity contribution in [3.8, 4) is 0 Å². The molecule has 2 heterocycles. The van der Waals surface area contributed by atoms with Crippen LogP contribution in [-0.4, -0.2) is 20.9 Å². The number of carbonyl (C=O) groups is 1. The number of carbonyl (C=O) groups excluding carboxylic acids is 1. The molecular weight excluding hydrogens is 244 g/mol. The highest BCUT2D eigenvalue weighted by molar-refractivity contribution is 5.79. The molecule has 0 radical (unpaired) electrons. The number of nitrogens with zero attached hydrogens (tertiary/aromatic N) is 1. The van der Waals surface area contributed by atoms with Gasteiger partial charge < -0.3 is 15.3 Å². The topological polar surface area (TPSA) is 90.6 Å². The van der Waals surface area contributed by atoms with Gasteiger partial charge in [-0.1, -0.05) is 0 Å². The van der Waals surface area contributed by atoms with Crippen molar-refractivity contribution >= 4 is 5.91 Å². The summed E-state index contributed by atoms with van der Waals surface area (Å²) in [4.78, 5) is 32.3. The normalized spacial score (nSPS) is 10.4. The molecular formula is C13H16N4O2. The van der Waals surface area contributed by atoms with E-state index >= 15 is 0 Å². The van der Waals surface area contributed by atoms with Crippen molar-refractivity contribution in [2.75, 3.05) is 0 Å². The monoisotopic (exact) mass is 260 g/mol. The molecule has 6 heteroatoms. The summed E-state index contributed by atoms with van der Waals surface area (Å²) in [6, 6.07) is 1.90. The van der Waals surface area contributed by atoms with Crippen molar-refractivity contribution in [2.24, 2.45) is 0 Å². The number of H-pyrrole nitrogens is 2. The third-order valence-electron chi connectivity index (χ3n) is 2.94. The lowest BCUT2D eigenvalue weighted by Gasteiger charge is -2.08. The summed E-state index contributed by atoms with van der Waals surface area (Å²) in [5.74, 6) is -0.0961. The zero-order valence-electron chi connectivity index (χ0n) is 10.9. The Morgan fingerprint density at radius 1 is 1.42 bits per heavy atom.